The number of nitrogens with zero attached hydrogens (tertiary/aromatic N) is 3. The molecular formula is C47H29N3O2. The molecule has 244 valence electrons. The van der Waals surface area contributed by atoms with Crippen LogP contribution in [0.15, 0.2) is 174 Å². The van der Waals surface area contributed by atoms with Crippen molar-refractivity contribution in [2.45, 2.75) is 0 Å². The Balaban J connectivity index is 1.40. The minimum absolute atomic E-state index is 0.532. The predicted octanol–water partition coefficient (Wildman–Crippen LogP) is 12.1. The Kier molecular flexibility index (Phi) is 2.99. The Bertz CT molecular complexity index is 4510. The lowest BCUT2D eigenvalue weighted by Gasteiger charge is -2.13. The fourth-order valence-electron chi connectivity index (χ4n) is 5.43. The van der Waals surface area contributed by atoms with Crippen LogP contribution in [0.5, 0.6) is 5.75 Å². The molecular weight excluding hydrogens is 639 g/mol. The van der Waals surface area contributed by atoms with Crippen molar-refractivity contribution in [2.75, 3.05) is 0 Å². The van der Waals surface area contributed by atoms with E-state index in [0.29, 0.717) is 0 Å². The van der Waals surface area contributed by atoms with Crippen LogP contribution in [-0.4, -0.2) is 20.1 Å². The van der Waals surface area contributed by atoms with Crippen molar-refractivity contribution >= 4 is 43.5 Å². The number of phenolic OH excluding ortho intramolecular Hbond substituents is 1. The number of benzene rings is 8. The highest BCUT2D eigenvalue weighted by Crippen LogP contribution is 2.44. The smallest absolute Gasteiger partial charge is 0.164 e. The average molecular weight is 696 g/mol. The molecule has 0 aliphatic rings. The summed E-state index contributed by atoms with van der Waals surface area (Å²) in [6.07, 6.45) is 0. The van der Waals surface area contributed by atoms with Gasteiger partial charge in [0.15, 0.2) is 17.5 Å². The van der Waals surface area contributed by atoms with Crippen LogP contribution in [0, 0.1) is 0 Å². The van der Waals surface area contributed by atoms with Crippen molar-refractivity contribution in [1.82, 2.24) is 15.0 Å². The second-order valence-corrected chi connectivity index (χ2v) is 10.8. The van der Waals surface area contributed by atoms with Crippen molar-refractivity contribution in [3.63, 3.8) is 0 Å². The lowest BCUT2D eigenvalue weighted by molar-refractivity contribution is 0.482. The summed E-state index contributed by atoms with van der Waals surface area (Å²) in [5, 5.41) is 8.60. The fraction of sp³-hybridized carbons (Fsp3) is 0. The highest BCUT2D eigenvalue weighted by atomic mass is 16.3. The quantitative estimate of drug-likeness (QED) is 0.194. The Hall–Kier alpha value is -7.11. The summed E-state index contributed by atoms with van der Waals surface area (Å²) >= 11 is 0. The average Bonchev–Trinajstić information content (AvgIpc) is 4.05. The molecule has 5 heteroatoms. The standard InChI is InChI=1S/C47H29N3O2/c51-41-27-36(29-11-3-1-4-12-29)26-39-43(41)40(28-38-37-17-9-10-18-42(37)52-44(38)39)47-49-45(32-14-5-2-6-15-32)48-46(50-47)33-22-19-31(20-23-33)35-24-21-30-13-7-8-16-34(30)25-35/h1-28,51H/i1D,2D,3D,4D,5D,6D,7D,8D,9D,10D,11D,12D,13D,14D,15D,16D,17D,18D,19D,20D,21D,22D,23D,24D,25D,26D,27D,28D. The third-order valence-corrected chi connectivity index (χ3v) is 7.72. The third-order valence-electron chi connectivity index (χ3n) is 7.72. The zero-order chi connectivity index (χ0) is 59.0. The van der Waals surface area contributed by atoms with Crippen molar-refractivity contribution in [3.8, 4) is 62.2 Å². The maximum atomic E-state index is 12.4. The molecule has 0 bridgehead atoms. The number of furan rings is 1. The van der Waals surface area contributed by atoms with Crippen molar-refractivity contribution in [3.05, 3.63) is 169 Å². The van der Waals surface area contributed by atoms with Crippen LogP contribution in [0.3, 0.4) is 0 Å². The molecule has 2 heterocycles. The Morgan fingerprint density at radius 3 is 1.77 bits per heavy atom. The summed E-state index contributed by atoms with van der Waals surface area (Å²) in [5.74, 6) is -4.11. The Labute approximate surface area is 338 Å². The van der Waals surface area contributed by atoms with Gasteiger partial charge >= 0.3 is 0 Å². The van der Waals surface area contributed by atoms with Gasteiger partial charge in [0, 0.05) is 38.2 Å². The van der Waals surface area contributed by atoms with E-state index in [1.54, 1.807) is 0 Å². The summed E-state index contributed by atoms with van der Waals surface area (Å²) in [5.41, 5.74) is -7.05. The molecule has 0 atom stereocenters. The van der Waals surface area contributed by atoms with E-state index in [2.05, 4.69) is 15.0 Å². The van der Waals surface area contributed by atoms with Gasteiger partial charge in [0.2, 0.25) is 0 Å². The van der Waals surface area contributed by atoms with E-state index in [1.165, 1.54) is 0 Å². The Morgan fingerprint density at radius 1 is 0.423 bits per heavy atom. The topological polar surface area (TPSA) is 72.0 Å². The van der Waals surface area contributed by atoms with Gasteiger partial charge < -0.3 is 9.52 Å². The largest absolute Gasteiger partial charge is 0.507 e. The van der Waals surface area contributed by atoms with Gasteiger partial charge in [-0.05, 0) is 63.2 Å². The van der Waals surface area contributed by atoms with Gasteiger partial charge in [0.25, 0.3) is 0 Å². The van der Waals surface area contributed by atoms with E-state index < -0.39 is 275 Å². The second-order valence-electron chi connectivity index (χ2n) is 10.8. The van der Waals surface area contributed by atoms with E-state index in [4.69, 9.17) is 33.2 Å². The molecule has 2 aromatic heterocycles. The van der Waals surface area contributed by atoms with Gasteiger partial charge in [-0.25, -0.2) is 15.0 Å². The number of hydrogen-bond acceptors (Lipinski definition) is 5. The van der Waals surface area contributed by atoms with Gasteiger partial charge in [-0.3, -0.25) is 0 Å². The van der Waals surface area contributed by atoms with E-state index in [9.17, 15) is 14.7 Å². The van der Waals surface area contributed by atoms with Gasteiger partial charge in [0.05, 0.1) is 38.4 Å². The number of para-hydroxylation sites is 1. The normalized spacial score (nSPS) is 19.1. The van der Waals surface area contributed by atoms with Crippen LogP contribution < -0.4 is 0 Å². The van der Waals surface area contributed by atoms with Crippen molar-refractivity contribution < 1.29 is 47.9 Å². The molecule has 5 nitrogen and oxygen atoms in total. The molecule has 0 fully saturated rings. The lowest BCUT2D eigenvalue weighted by atomic mass is 9.94. The zero-order valence-electron chi connectivity index (χ0n) is 53.7. The highest BCUT2D eigenvalue weighted by Gasteiger charge is 2.22. The monoisotopic (exact) mass is 695 g/mol. The number of aromatic nitrogens is 3. The van der Waals surface area contributed by atoms with Gasteiger partial charge in [-0.1, -0.05) is 139 Å². The first kappa shape index (κ1) is 12.9. The molecule has 52 heavy (non-hydrogen) atoms. The summed E-state index contributed by atoms with van der Waals surface area (Å²) in [6.45, 7) is 0. The number of rotatable bonds is 5. The second kappa shape index (κ2) is 12.0. The molecule has 0 amide bonds. The van der Waals surface area contributed by atoms with E-state index in [0.717, 1.165) is 0 Å². The van der Waals surface area contributed by atoms with Crippen LogP contribution in [-0.2, 0) is 0 Å². The van der Waals surface area contributed by atoms with Crippen LogP contribution >= 0.6 is 0 Å². The fourth-order valence-corrected chi connectivity index (χ4v) is 5.43. The molecule has 0 spiro atoms. The van der Waals surface area contributed by atoms with Crippen molar-refractivity contribution in [2.24, 2.45) is 0 Å². The van der Waals surface area contributed by atoms with Crippen molar-refractivity contribution in [1.29, 1.82) is 0 Å². The van der Waals surface area contributed by atoms with Crippen LogP contribution in [0.25, 0.3) is 99.9 Å². The number of hydrogen-bond donors (Lipinski definition) is 1. The number of phenols is 1. The molecule has 0 saturated heterocycles. The van der Waals surface area contributed by atoms with Crippen LogP contribution in [0.2, 0.25) is 0 Å². The molecule has 8 aromatic carbocycles. The van der Waals surface area contributed by atoms with Crippen LogP contribution in [0.4, 0.5) is 0 Å². The number of fused-ring (bicyclic) bond motifs is 6. The number of aromatic hydroxyl groups is 1. The molecule has 10 aromatic rings. The minimum atomic E-state index is -1.26. The predicted molar refractivity (Wildman–Crippen MR) is 211 cm³/mol. The summed E-state index contributed by atoms with van der Waals surface area (Å²) in [4.78, 5) is 13.1. The molecule has 1 N–H and O–H groups in total. The minimum Gasteiger partial charge on any atom is -0.507 e. The highest BCUT2D eigenvalue weighted by molar-refractivity contribution is 6.20. The summed E-state index contributed by atoms with van der Waals surface area (Å²) in [6, 6.07) is -26.0. The lowest BCUT2D eigenvalue weighted by Crippen LogP contribution is -2.01. The molecule has 10 rings (SSSR count). The maximum Gasteiger partial charge on any atom is 0.164 e. The first-order valence-corrected chi connectivity index (χ1v) is 15.0. The molecule has 0 unspecified atom stereocenters. The molecule has 0 radical (unpaired) electrons. The van der Waals surface area contributed by atoms with E-state index >= 15 is 0 Å². The molecule has 0 aliphatic carbocycles. The van der Waals surface area contributed by atoms with Crippen LogP contribution in [0.1, 0.15) is 38.4 Å². The van der Waals surface area contributed by atoms with E-state index in [-0.39, 0.29) is 0 Å². The third kappa shape index (κ3) is 5.07. The maximum absolute atomic E-state index is 12.4. The van der Waals surface area contributed by atoms with E-state index in [1.807, 2.05) is 0 Å². The molecule has 0 aliphatic heterocycles. The Morgan fingerprint density at radius 2 is 1.00 bits per heavy atom. The van der Waals surface area contributed by atoms with Gasteiger partial charge in [0.1, 0.15) is 16.9 Å². The van der Waals surface area contributed by atoms with Gasteiger partial charge in [-0.2, -0.15) is 0 Å². The molecule has 0 saturated carbocycles. The van der Waals surface area contributed by atoms with Gasteiger partial charge in [-0.15, -0.1) is 0 Å². The first-order valence-electron chi connectivity index (χ1n) is 29.0. The SMILES string of the molecule is [2H]c1c([2H])c([2H])c(-c2nc(-c3c([2H])c([2H])c(-c4c([2H])c([2H])c5c([2H])c([2H])c([2H])c([2H])c5c4[2H])c([2H])c3[2H])nc(-c3c([2H])c4c(oc5c([2H])c([2H])c([2H])c([2H])c54)c4c([2H])c(-c5c([2H])c([2H])c([2H])c([2H])c5[2H])c([2H])c(O)c34)n2)c([2H])c1[2H]. The zero-order valence-corrected chi connectivity index (χ0v) is 25.7. The summed E-state index contributed by atoms with van der Waals surface area (Å²) in [7, 11) is 0. The first-order chi connectivity index (χ1) is 37.3. The summed E-state index contributed by atoms with van der Waals surface area (Å²) < 4.78 is 252.